The van der Waals surface area contributed by atoms with E-state index in [0.29, 0.717) is 28.1 Å². The summed E-state index contributed by atoms with van der Waals surface area (Å²) >= 11 is 0. The zero-order chi connectivity index (χ0) is 28.4. The largest absolute Gasteiger partial charge is 0.495 e. The van der Waals surface area contributed by atoms with Crippen LogP contribution in [-0.2, 0) is 27.5 Å². The molecule has 206 valence electrons. The minimum Gasteiger partial charge on any atom is -0.495 e. The minimum absolute atomic E-state index is 0.137. The number of ether oxygens (including phenoxy) is 3. The van der Waals surface area contributed by atoms with E-state index in [2.05, 4.69) is 16.7 Å². The molecule has 5 rings (SSSR count). The maximum atomic E-state index is 13.3. The molecule has 3 aromatic carbocycles. The Hall–Kier alpha value is -4.86. The Morgan fingerprint density at radius 3 is 2.40 bits per heavy atom. The summed E-state index contributed by atoms with van der Waals surface area (Å²) < 4.78 is 16.9. The fraction of sp³-hybridized carbons (Fsp3) is 0.267. The first kappa shape index (κ1) is 26.7. The maximum absolute atomic E-state index is 13.3. The van der Waals surface area contributed by atoms with Crippen molar-refractivity contribution in [2.45, 2.75) is 45.9 Å². The standard InChI is InChI=1S/C30H29N3O7/c1-17-12-18(2)14-23(13-17)40-22-8-6-21(7-9-22)31-30(37)39-16-20-5-4-19-15-33(29(36)26(19)27(20)38-3)24-10-11-25(34)32-28(24)35/h4-9,12-14,24H,10-11,15-16H2,1-3H3,(H,31,37)(H,32,34,35). The molecule has 10 nitrogen and oxygen atoms in total. The van der Waals surface area contributed by atoms with E-state index in [4.69, 9.17) is 14.2 Å². The van der Waals surface area contributed by atoms with Gasteiger partial charge in [0.05, 0.1) is 12.7 Å². The first-order valence-electron chi connectivity index (χ1n) is 12.8. The van der Waals surface area contributed by atoms with Crippen LogP contribution in [0.4, 0.5) is 10.5 Å². The van der Waals surface area contributed by atoms with Crippen molar-refractivity contribution < 1.29 is 33.4 Å². The highest BCUT2D eigenvalue weighted by atomic mass is 16.5. The van der Waals surface area contributed by atoms with Gasteiger partial charge in [-0.15, -0.1) is 0 Å². The smallest absolute Gasteiger partial charge is 0.411 e. The number of benzene rings is 3. The molecule has 0 saturated carbocycles. The van der Waals surface area contributed by atoms with Gasteiger partial charge in [-0.05, 0) is 73.4 Å². The minimum atomic E-state index is -0.731. The monoisotopic (exact) mass is 543 g/mol. The molecule has 40 heavy (non-hydrogen) atoms. The Morgan fingerprint density at radius 2 is 1.73 bits per heavy atom. The highest BCUT2D eigenvalue weighted by Crippen LogP contribution is 2.36. The normalized spacial score (nSPS) is 16.3. The molecule has 10 heteroatoms. The summed E-state index contributed by atoms with van der Waals surface area (Å²) in [6, 6.07) is 15.6. The molecule has 4 amide bonds. The summed E-state index contributed by atoms with van der Waals surface area (Å²) in [5.41, 5.74) is 4.26. The van der Waals surface area contributed by atoms with E-state index in [0.717, 1.165) is 16.9 Å². The molecule has 2 aliphatic heterocycles. The molecule has 1 atom stereocenters. The van der Waals surface area contributed by atoms with Gasteiger partial charge in [0.1, 0.15) is 29.9 Å². The van der Waals surface area contributed by atoms with Crippen molar-refractivity contribution in [2.75, 3.05) is 12.4 Å². The van der Waals surface area contributed by atoms with E-state index in [1.165, 1.54) is 12.0 Å². The second-order valence-electron chi connectivity index (χ2n) is 9.84. The van der Waals surface area contributed by atoms with E-state index in [-0.39, 0.29) is 43.6 Å². The zero-order valence-corrected chi connectivity index (χ0v) is 22.4. The van der Waals surface area contributed by atoms with Crippen LogP contribution in [0.5, 0.6) is 17.2 Å². The van der Waals surface area contributed by atoms with Crippen molar-refractivity contribution in [1.82, 2.24) is 10.2 Å². The summed E-state index contributed by atoms with van der Waals surface area (Å²) in [5, 5.41) is 4.96. The lowest BCUT2D eigenvalue weighted by atomic mass is 10.0. The van der Waals surface area contributed by atoms with Gasteiger partial charge in [0.25, 0.3) is 5.91 Å². The lowest BCUT2D eigenvalue weighted by Crippen LogP contribution is -2.52. The lowest BCUT2D eigenvalue weighted by molar-refractivity contribution is -0.136. The fourth-order valence-electron chi connectivity index (χ4n) is 5.04. The van der Waals surface area contributed by atoms with E-state index in [9.17, 15) is 19.2 Å². The Morgan fingerprint density at radius 1 is 1.00 bits per heavy atom. The number of nitrogens with zero attached hydrogens (tertiary/aromatic N) is 1. The Labute approximate surface area is 231 Å². The number of fused-ring (bicyclic) bond motifs is 1. The van der Waals surface area contributed by atoms with Crippen molar-refractivity contribution in [3.8, 4) is 17.2 Å². The lowest BCUT2D eigenvalue weighted by Gasteiger charge is -2.29. The van der Waals surface area contributed by atoms with E-state index >= 15 is 0 Å². The van der Waals surface area contributed by atoms with Crippen LogP contribution in [0, 0.1) is 13.8 Å². The predicted octanol–water partition coefficient (Wildman–Crippen LogP) is 4.61. The molecule has 0 radical (unpaired) electrons. The van der Waals surface area contributed by atoms with Gasteiger partial charge in [0.15, 0.2) is 0 Å². The number of amides is 4. The van der Waals surface area contributed by atoms with Crippen molar-refractivity contribution >= 4 is 29.5 Å². The molecule has 3 aromatic rings. The van der Waals surface area contributed by atoms with Crippen LogP contribution in [-0.4, -0.2) is 41.9 Å². The number of piperidine rings is 1. The van der Waals surface area contributed by atoms with Gasteiger partial charge < -0.3 is 19.1 Å². The number of nitrogens with one attached hydrogen (secondary N) is 2. The second kappa shape index (κ2) is 11.1. The van der Waals surface area contributed by atoms with Crippen LogP contribution in [0.2, 0.25) is 0 Å². The van der Waals surface area contributed by atoms with Gasteiger partial charge in [0, 0.05) is 24.2 Å². The van der Waals surface area contributed by atoms with Crippen molar-refractivity contribution in [3.63, 3.8) is 0 Å². The Balaban J connectivity index is 1.21. The number of rotatable bonds is 7. The number of carbonyl (C=O) groups excluding carboxylic acids is 4. The fourth-order valence-corrected chi connectivity index (χ4v) is 5.04. The van der Waals surface area contributed by atoms with Crippen molar-refractivity contribution in [3.05, 3.63) is 82.4 Å². The molecule has 2 heterocycles. The first-order chi connectivity index (χ1) is 19.2. The summed E-state index contributed by atoms with van der Waals surface area (Å²) in [5.74, 6) is 0.458. The van der Waals surface area contributed by atoms with E-state index in [1.54, 1.807) is 36.4 Å². The Kier molecular flexibility index (Phi) is 7.41. The third kappa shape index (κ3) is 5.61. The summed E-state index contributed by atoms with van der Waals surface area (Å²) in [6.07, 6.45) is -0.243. The van der Waals surface area contributed by atoms with Crippen LogP contribution in [0.3, 0.4) is 0 Å². The quantitative estimate of drug-likeness (QED) is 0.417. The predicted molar refractivity (Wildman–Crippen MR) is 145 cm³/mol. The Bertz CT molecular complexity index is 1480. The first-order valence-corrected chi connectivity index (χ1v) is 12.8. The molecule has 0 aromatic heterocycles. The van der Waals surface area contributed by atoms with Crippen LogP contribution in [0.15, 0.2) is 54.6 Å². The topological polar surface area (TPSA) is 123 Å². The molecule has 0 bridgehead atoms. The molecule has 0 aliphatic carbocycles. The maximum Gasteiger partial charge on any atom is 0.411 e. The van der Waals surface area contributed by atoms with Gasteiger partial charge in [-0.2, -0.15) is 0 Å². The number of anilines is 1. The molecule has 1 fully saturated rings. The van der Waals surface area contributed by atoms with Crippen molar-refractivity contribution in [1.29, 1.82) is 0 Å². The number of carbonyl (C=O) groups is 4. The van der Waals surface area contributed by atoms with Crippen LogP contribution in [0.25, 0.3) is 0 Å². The molecular weight excluding hydrogens is 514 g/mol. The number of hydrogen-bond acceptors (Lipinski definition) is 7. The molecule has 2 N–H and O–H groups in total. The van der Waals surface area contributed by atoms with Crippen molar-refractivity contribution in [2.24, 2.45) is 0 Å². The van der Waals surface area contributed by atoms with Gasteiger partial charge in [-0.1, -0.05) is 18.2 Å². The van der Waals surface area contributed by atoms with Crippen LogP contribution < -0.4 is 20.1 Å². The summed E-state index contributed by atoms with van der Waals surface area (Å²) in [7, 11) is 1.43. The molecule has 2 aliphatic rings. The summed E-state index contributed by atoms with van der Waals surface area (Å²) in [6.45, 7) is 4.10. The number of imide groups is 1. The third-order valence-corrected chi connectivity index (χ3v) is 6.82. The van der Waals surface area contributed by atoms with E-state index in [1.807, 2.05) is 26.0 Å². The van der Waals surface area contributed by atoms with Gasteiger partial charge >= 0.3 is 6.09 Å². The average molecular weight is 544 g/mol. The van der Waals surface area contributed by atoms with Crippen LogP contribution >= 0.6 is 0 Å². The third-order valence-electron chi connectivity index (χ3n) is 6.82. The molecule has 1 saturated heterocycles. The number of aryl methyl sites for hydroxylation is 2. The highest BCUT2D eigenvalue weighted by Gasteiger charge is 2.41. The SMILES string of the molecule is COc1c(COC(=O)Nc2ccc(Oc3cc(C)cc(C)c3)cc2)ccc2c1C(=O)N(C1CCC(=O)NC1=O)C2. The van der Waals surface area contributed by atoms with E-state index < -0.39 is 18.0 Å². The van der Waals surface area contributed by atoms with Gasteiger partial charge in [-0.3, -0.25) is 25.0 Å². The van der Waals surface area contributed by atoms with Gasteiger partial charge in [-0.25, -0.2) is 4.79 Å². The van der Waals surface area contributed by atoms with Crippen LogP contribution in [0.1, 0.15) is 45.5 Å². The number of hydrogen-bond donors (Lipinski definition) is 2. The zero-order valence-electron chi connectivity index (χ0n) is 22.4. The molecular formula is C30H29N3O7. The summed E-state index contributed by atoms with van der Waals surface area (Å²) in [4.78, 5) is 51.1. The van der Waals surface area contributed by atoms with Gasteiger partial charge in [0.2, 0.25) is 11.8 Å². The molecule has 1 unspecified atom stereocenters. The average Bonchev–Trinajstić information content (AvgIpc) is 3.24. The highest BCUT2D eigenvalue weighted by molar-refractivity contribution is 6.06. The number of methoxy groups -OCH3 is 1. The second-order valence-corrected chi connectivity index (χ2v) is 9.84. The molecule has 0 spiro atoms.